The van der Waals surface area contributed by atoms with E-state index < -0.39 is 5.60 Å². The highest BCUT2D eigenvalue weighted by atomic mass is 16.5. The monoisotopic (exact) mass is 473 g/mol. The van der Waals surface area contributed by atoms with Crippen molar-refractivity contribution >= 4 is 16.9 Å². The molecule has 0 saturated carbocycles. The van der Waals surface area contributed by atoms with Crippen LogP contribution in [-0.4, -0.2) is 53.9 Å². The number of nitrogens with zero attached hydrogens (tertiary/aromatic N) is 5. The number of carbonyl (C=O) groups is 1. The Balaban J connectivity index is 1.18. The summed E-state index contributed by atoms with van der Waals surface area (Å²) in [5, 5.41) is 15.6. The summed E-state index contributed by atoms with van der Waals surface area (Å²) in [7, 11) is 1.73. The van der Waals surface area contributed by atoms with Gasteiger partial charge in [-0.1, -0.05) is 30.3 Å². The third-order valence-electron chi connectivity index (χ3n) is 6.51. The maximum absolute atomic E-state index is 13.0. The number of benzene rings is 2. The molecular weight excluding hydrogens is 446 g/mol. The zero-order chi connectivity index (χ0) is 24.4. The van der Waals surface area contributed by atoms with Gasteiger partial charge in [0.15, 0.2) is 5.65 Å². The molecule has 0 aliphatic carbocycles. The lowest BCUT2D eigenvalue weighted by molar-refractivity contribution is -0.0299. The summed E-state index contributed by atoms with van der Waals surface area (Å²) < 4.78 is 8.73. The molecule has 35 heavy (non-hydrogen) atoms. The van der Waals surface area contributed by atoms with E-state index >= 15 is 0 Å². The molecule has 0 unspecified atom stereocenters. The molecule has 9 heteroatoms. The van der Waals surface area contributed by atoms with Gasteiger partial charge < -0.3 is 14.7 Å². The first-order valence-corrected chi connectivity index (χ1v) is 11.6. The minimum Gasteiger partial charge on any atom is -0.489 e. The molecule has 2 aromatic heterocycles. The maximum atomic E-state index is 13.0. The molecule has 1 fully saturated rings. The molecule has 9 nitrogen and oxygen atoms in total. The topological polar surface area (TPSA) is 102 Å². The van der Waals surface area contributed by atoms with Crippen molar-refractivity contribution in [2.75, 3.05) is 13.1 Å². The third kappa shape index (κ3) is 4.81. The summed E-state index contributed by atoms with van der Waals surface area (Å²) in [4.78, 5) is 31.8. The maximum Gasteiger partial charge on any atom is 0.264 e. The molecular formula is C26H27N5O4. The van der Waals surface area contributed by atoms with E-state index in [0.717, 1.165) is 11.3 Å². The lowest BCUT2D eigenvalue weighted by atomic mass is 9.91. The van der Waals surface area contributed by atoms with Crippen LogP contribution in [0.15, 0.2) is 71.9 Å². The number of para-hydroxylation sites is 1. The zero-order valence-electron chi connectivity index (χ0n) is 19.5. The summed E-state index contributed by atoms with van der Waals surface area (Å²) in [6.45, 7) is 1.37. The Bertz CT molecular complexity index is 1390. The molecule has 0 atom stereocenters. The molecule has 1 aliphatic heterocycles. The number of likely N-dealkylation sites (tertiary alicyclic amines) is 1. The van der Waals surface area contributed by atoms with Crippen LogP contribution >= 0.6 is 0 Å². The van der Waals surface area contributed by atoms with Crippen molar-refractivity contribution in [1.82, 2.24) is 24.2 Å². The Hall–Kier alpha value is -3.98. The van der Waals surface area contributed by atoms with Gasteiger partial charge >= 0.3 is 0 Å². The fourth-order valence-electron chi connectivity index (χ4n) is 4.39. The Morgan fingerprint density at radius 3 is 2.51 bits per heavy atom. The second-order valence-electron chi connectivity index (χ2n) is 9.00. The van der Waals surface area contributed by atoms with Crippen LogP contribution in [0, 0.1) is 0 Å². The van der Waals surface area contributed by atoms with E-state index in [1.54, 1.807) is 28.8 Å². The van der Waals surface area contributed by atoms with Gasteiger partial charge in [0.1, 0.15) is 24.1 Å². The van der Waals surface area contributed by atoms with Gasteiger partial charge in [0.2, 0.25) is 0 Å². The van der Waals surface area contributed by atoms with Crippen molar-refractivity contribution in [3.63, 3.8) is 0 Å². The summed E-state index contributed by atoms with van der Waals surface area (Å²) in [5.74, 6) is 0.727. The van der Waals surface area contributed by atoms with E-state index in [-0.39, 0.29) is 18.0 Å². The van der Waals surface area contributed by atoms with Crippen molar-refractivity contribution < 1.29 is 14.6 Å². The highest BCUT2D eigenvalue weighted by Gasteiger charge is 2.35. The molecule has 2 aromatic carbocycles. The van der Waals surface area contributed by atoms with Gasteiger partial charge in [-0.15, -0.1) is 0 Å². The van der Waals surface area contributed by atoms with Crippen molar-refractivity contribution in [3.05, 3.63) is 88.6 Å². The van der Waals surface area contributed by atoms with Crippen LogP contribution in [0.5, 0.6) is 5.75 Å². The second kappa shape index (κ2) is 9.34. The molecule has 180 valence electrons. The van der Waals surface area contributed by atoms with Crippen LogP contribution in [-0.2, 0) is 20.2 Å². The number of hydrogen-bond donors (Lipinski definition) is 1. The zero-order valence-corrected chi connectivity index (χ0v) is 19.5. The van der Waals surface area contributed by atoms with Crippen LogP contribution in [0.2, 0.25) is 0 Å². The summed E-state index contributed by atoms with van der Waals surface area (Å²) in [6, 6.07) is 17.0. The van der Waals surface area contributed by atoms with E-state index in [9.17, 15) is 14.7 Å². The average molecular weight is 474 g/mol. The predicted octanol–water partition coefficient (Wildman–Crippen LogP) is 2.38. The smallest absolute Gasteiger partial charge is 0.264 e. The van der Waals surface area contributed by atoms with E-state index in [2.05, 4.69) is 10.1 Å². The molecule has 3 heterocycles. The quantitative estimate of drug-likeness (QED) is 0.461. The van der Waals surface area contributed by atoms with Gasteiger partial charge in [-0.3, -0.25) is 18.8 Å². The Kier molecular flexibility index (Phi) is 6.08. The van der Waals surface area contributed by atoms with Crippen molar-refractivity contribution in [1.29, 1.82) is 0 Å². The van der Waals surface area contributed by atoms with Gasteiger partial charge in [-0.2, -0.15) is 5.10 Å². The number of fused-ring (bicyclic) bond motifs is 1. The lowest BCUT2D eigenvalue weighted by Gasteiger charge is -2.38. The van der Waals surface area contributed by atoms with Crippen LogP contribution < -0.4 is 10.3 Å². The van der Waals surface area contributed by atoms with Gasteiger partial charge in [-0.25, -0.2) is 4.98 Å². The van der Waals surface area contributed by atoms with Crippen LogP contribution in [0.3, 0.4) is 0 Å². The van der Waals surface area contributed by atoms with E-state index in [1.807, 2.05) is 42.5 Å². The highest BCUT2D eigenvalue weighted by molar-refractivity contribution is 5.94. The molecule has 1 saturated heterocycles. The number of ether oxygens (including phenoxy) is 1. The first-order valence-electron chi connectivity index (χ1n) is 11.6. The van der Waals surface area contributed by atoms with Crippen molar-refractivity contribution in [2.45, 2.75) is 31.6 Å². The number of aromatic nitrogens is 4. The van der Waals surface area contributed by atoms with Gasteiger partial charge in [0, 0.05) is 25.7 Å². The van der Waals surface area contributed by atoms with Gasteiger partial charge in [0.25, 0.3) is 11.5 Å². The van der Waals surface area contributed by atoms with Crippen LogP contribution in [0.4, 0.5) is 0 Å². The minimum atomic E-state index is -1.09. The number of aryl methyl sites for hydroxylation is 1. The normalized spacial score (nSPS) is 15.3. The summed E-state index contributed by atoms with van der Waals surface area (Å²) in [6.07, 6.45) is 3.69. The number of rotatable bonds is 6. The van der Waals surface area contributed by atoms with Crippen LogP contribution in [0.1, 0.15) is 28.8 Å². The van der Waals surface area contributed by atoms with E-state index in [4.69, 9.17) is 4.74 Å². The standard InChI is InChI=1S/C26H27N5O4/c1-29-23-22(15-28-29)25(33)31(18-27-23)17-26(34)11-13-30(14-12-26)24(32)20-9-7-19(8-10-20)16-35-21-5-3-2-4-6-21/h2-10,15,18,34H,11-14,16-17H2,1H3. The Labute approximate surface area is 202 Å². The van der Waals surface area contributed by atoms with Crippen molar-refractivity contribution in [3.8, 4) is 5.75 Å². The molecule has 1 N–H and O–H groups in total. The SMILES string of the molecule is Cn1ncc2c(=O)n(CC3(O)CCN(C(=O)c4ccc(COc5ccccc5)cc4)CC3)cnc21. The first-order chi connectivity index (χ1) is 16.9. The number of carbonyl (C=O) groups excluding carboxylic acids is 1. The number of piperidine rings is 1. The second-order valence-corrected chi connectivity index (χ2v) is 9.00. The molecule has 1 amide bonds. The van der Waals surface area contributed by atoms with Gasteiger partial charge in [-0.05, 0) is 42.7 Å². The average Bonchev–Trinajstić information content (AvgIpc) is 3.26. The van der Waals surface area contributed by atoms with Crippen molar-refractivity contribution in [2.24, 2.45) is 7.05 Å². The minimum absolute atomic E-state index is 0.0711. The largest absolute Gasteiger partial charge is 0.489 e. The molecule has 5 rings (SSSR count). The van der Waals surface area contributed by atoms with E-state index in [1.165, 1.54) is 17.1 Å². The fraction of sp³-hybridized carbons (Fsp3) is 0.308. The summed E-state index contributed by atoms with van der Waals surface area (Å²) >= 11 is 0. The summed E-state index contributed by atoms with van der Waals surface area (Å²) in [5.41, 5.74) is 0.767. The number of amides is 1. The number of aliphatic hydroxyl groups is 1. The van der Waals surface area contributed by atoms with Gasteiger partial charge in [0.05, 0.1) is 18.3 Å². The Morgan fingerprint density at radius 1 is 1.09 bits per heavy atom. The lowest BCUT2D eigenvalue weighted by Crippen LogP contribution is -2.49. The highest BCUT2D eigenvalue weighted by Crippen LogP contribution is 2.25. The molecule has 4 aromatic rings. The molecule has 0 spiro atoms. The van der Waals surface area contributed by atoms with Crippen LogP contribution in [0.25, 0.3) is 11.0 Å². The molecule has 1 aliphatic rings. The predicted molar refractivity (Wildman–Crippen MR) is 130 cm³/mol. The third-order valence-corrected chi connectivity index (χ3v) is 6.51. The first kappa shape index (κ1) is 22.8. The Morgan fingerprint density at radius 2 is 1.80 bits per heavy atom. The number of hydrogen-bond acceptors (Lipinski definition) is 6. The van der Waals surface area contributed by atoms with E-state index in [0.29, 0.717) is 49.1 Å². The fourth-order valence-corrected chi connectivity index (χ4v) is 4.39. The molecule has 0 bridgehead atoms. The molecule has 0 radical (unpaired) electrons.